The number of benzene rings is 10. The summed E-state index contributed by atoms with van der Waals surface area (Å²) in [5.74, 6) is 0. The normalized spacial score (nSPS) is 12.9. The molecule has 70 heavy (non-hydrogen) atoms. The first-order valence-corrected chi connectivity index (χ1v) is 24.5. The van der Waals surface area contributed by atoms with E-state index in [1.165, 1.54) is 87.4 Å². The minimum atomic E-state index is 0.547. The van der Waals surface area contributed by atoms with Crippen LogP contribution in [0.4, 0.5) is 5.69 Å². The Balaban J connectivity index is 0.906. The van der Waals surface area contributed by atoms with Crippen molar-refractivity contribution in [2.24, 2.45) is 0 Å². The van der Waals surface area contributed by atoms with Gasteiger partial charge in [-0.15, -0.1) is 12.2 Å². The second-order valence-electron chi connectivity index (χ2n) is 18.8. The lowest BCUT2D eigenvalue weighted by atomic mass is 9.94. The topological polar surface area (TPSA) is 28.9 Å². The molecule has 4 heteroatoms. The molecule has 13 aromatic rings. The van der Waals surface area contributed by atoms with Gasteiger partial charge in [0.1, 0.15) is 0 Å². The zero-order chi connectivity index (χ0) is 46.1. The van der Waals surface area contributed by atoms with Gasteiger partial charge in [-0.2, -0.15) is 0 Å². The Hall–Kier alpha value is -8.86. The number of fused-ring (bicyclic) bond motifs is 10. The molecule has 332 valence electrons. The van der Waals surface area contributed by atoms with E-state index in [0.717, 1.165) is 58.6 Å². The van der Waals surface area contributed by atoms with Crippen molar-refractivity contribution >= 4 is 87.5 Å². The molecule has 0 bridgehead atoms. The Kier molecular flexibility index (Phi) is 9.44. The number of allylic oxidation sites excluding steroid dienone is 4. The third-order valence-corrected chi connectivity index (χ3v) is 14.7. The van der Waals surface area contributed by atoms with Gasteiger partial charge in [-0.3, -0.25) is 0 Å². The van der Waals surface area contributed by atoms with Crippen LogP contribution >= 0.6 is 0 Å². The third kappa shape index (κ3) is 6.59. The molecule has 0 N–H and O–H groups in total. The maximum atomic E-state index is 5.52. The summed E-state index contributed by atoms with van der Waals surface area (Å²) in [6, 6.07) is 80.5. The van der Waals surface area contributed by atoms with Gasteiger partial charge in [0.05, 0.1) is 33.1 Å². The first-order valence-electron chi connectivity index (χ1n) is 24.5. The van der Waals surface area contributed by atoms with Crippen LogP contribution in [0.15, 0.2) is 237 Å². The van der Waals surface area contributed by atoms with Crippen molar-refractivity contribution in [1.29, 1.82) is 0 Å². The van der Waals surface area contributed by atoms with Gasteiger partial charge in [-0.1, -0.05) is 187 Å². The van der Waals surface area contributed by atoms with Gasteiger partial charge in [-0.05, 0) is 107 Å². The molecule has 0 saturated heterocycles. The maximum Gasteiger partial charge on any atom is 0.0561 e. The van der Waals surface area contributed by atoms with E-state index in [-0.39, 0.29) is 0 Å². The highest BCUT2D eigenvalue weighted by Gasteiger charge is 2.19. The van der Waals surface area contributed by atoms with Crippen molar-refractivity contribution in [3.8, 4) is 17.1 Å². The highest BCUT2D eigenvalue weighted by Crippen LogP contribution is 2.41. The third-order valence-electron chi connectivity index (χ3n) is 14.7. The summed E-state index contributed by atoms with van der Waals surface area (Å²) < 4.78 is 7.33. The molecule has 3 heterocycles. The Morgan fingerprint density at radius 2 is 0.900 bits per heavy atom. The second-order valence-corrected chi connectivity index (χ2v) is 18.8. The van der Waals surface area contributed by atoms with Gasteiger partial charge in [0.15, 0.2) is 0 Å². The maximum absolute atomic E-state index is 5.52. The average Bonchev–Trinajstić information content (AvgIpc) is 4.06. The van der Waals surface area contributed by atoms with E-state index >= 15 is 0 Å². The predicted molar refractivity (Wildman–Crippen MR) is 296 cm³/mol. The molecule has 4 nitrogen and oxygen atoms in total. The SMILES string of the molecule is C1=CCCC(c2ccc(Cc3ccc4ccccc4c3[N-]Cc3cccc(-n4c5cc(-n6c7ccccc7c7ccccc76)ccc5c5ccc(-n6c7ccccc7c7ccccc76)cc54)c3)cc2)=C1. The number of hydrogen-bond acceptors (Lipinski definition) is 0. The number of hydrogen-bond donors (Lipinski definition) is 0. The number of para-hydroxylation sites is 4. The van der Waals surface area contributed by atoms with Crippen molar-refractivity contribution in [2.45, 2.75) is 25.8 Å². The molecule has 14 rings (SSSR count). The van der Waals surface area contributed by atoms with E-state index in [4.69, 9.17) is 5.32 Å². The van der Waals surface area contributed by atoms with Crippen molar-refractivity contribution in [1.82, 2.24) is 13.7 Å². The van der Waals surface area contributed by atoms with E-state index in [2.05, 4.69) is 250 Å². The summed E-state index contributed by atoms with van der Waals surface area (Å²) in [5, 5.41) is 15.3. The molecule has 0 saturated carbocycles. The molecule has 0 aliphatic heterocycles. The molecule has 1 aliphatic rings. The second kappa shape index (κ2) is 16.4. The Bertz CT molecular complexity index is 3990. The minimum absolute atomic E-state index is 0.547. The number of rotatable bonds is 9. The summed E-state index contributed by atoms with van der Waals surface area (Å²) in [6.45, 7) is 0.547. The van der Waals surface area contributed by atoms with E-state index in [1.54, 1.807) is 0 Å². The van der Waals surface area contributed by atoms with Crippen molar-refractivity contribution < 1.29 is 0 Å². The van der Waals surface area contributed by atoms with E-state index < -0.39 is 0 Å². The van der Waals surface area contributed by atoms with Crippen LogP contribution in [0.25, 0.3) is 104 Å². The first kappa shape index (κ1) is 40.2. The van der Waals surface area contributed by atoms with Gasteiger partial charge < -0.3 is 19.0 Å². The van der Waals surface area contributed by atoms with Crippen LogP contribution < -0.4 is 0 Å². The highest BCUT2D eigenvalue weighted by molar-refractivity contribution is 6.13. The number of nitrogens with zero attached hydrogens (tertiary/aromatic N) is 4. The van der Waals surface area contributed by atoms with Gasteiger partial charge in [-0.25, -0.2) is 0 Å². The Labute approximate surface area is 406 Å². The lowest BCUT2D eigenvalue weighted by Gasteiger charge is -2.28. The fourth-order valence-electron chi connectivity index (χ4n) is 11.4. The molecule has 3 aromatic heterocycles. The standard InChI is InChI=1S/C66H47N4/c1-2-16-46(17-3-1)47-31-29-44(30-32-47)39-49-34-33-48-18-4-5-20-53(48)66(49)67-43-45-15-14-19-50(40-45)70-64-41-51(68-60-25-10-6-21-54(60)55-22-7-11-26-61(55)68)35-37-58(64)59-38-36-52(42-65(59)70)69-62-27-12-8-23-56(62)57-24-9-13-28-63(57)69/h1-2,4-16,18-38,40-42H,3,17,39,43H2/q-1. The summed E-state index contributed by atoms with van der Waals surface area (Å²) in [6.07, 6.45) is 9.69. The number of aromatic nitrogens is 3. The summed E-state index contributed by atoms with van der Waals surface area (Å²) in [5.41, 5.74) is 17.9. The van der Waals surface area contributed by atoms with E-state index in [9.17, 15) is 0 Å². The molecule has 10 aromatic carbocycles. The monoisotopic (exact) mass is 895 g/mol. The predicted octanol–water partition coefficient (Wildman–Crippen LogP) is 17.7. The fourth-order valence-corrected chi connectivity index (χ4v) is 11.4. The highest BCUT2D eigenvalue weighted by atomic mass is 15.0. The summed E-state index contributed by atoms with van der Waals surface area (Å²) in [4.78, 5) is 0. The van der Waals surface area contributed by atoms with Crippen LogP contribution in [-0.2, 0) is 13.0 Å². The van der Waals surface area contributed by atoms with Gasteiger partial charge in [0.2, 0.25) is 0 Å². The molecule has 0 unspecified atom stereocenters. The minimum Gasteiger partial charge on any atom is -0.680 e. The van der Waals surface area contributed by atoms with Crippen molar-refractivity contribution in [2.75, 3.05) is 0 Å². The molecule has 0 atom stereocenters. The van der Waals surface area contributed by atoms with Crippen LogP contribution in [0, 0.1) is 0 Å². The lowest BCUT2D eigenvalue weighted by molar-refractivity contribution is 1.05. The molecule has 0 spiro atoms. The van der Waals surface area contributed by atoms with Gasteiger partial charge in [0, 0.05) is 49.4 Å². The van der Waals surface area contributed by atoms with E-state index in [1.807, 2.05) is 0 Å². The molecule has 0 fully saturated rings. The zero-order valence-corrected chi connectivity index (χ0v) is 38.6. The van der Waals surface area contributed by atoms with Crippen molar-refractivity contribution in [3.63, 3.8) is 0 Å². The van der Waals surface area contributed by atoms with Gasteiger partial charge >= 0.3 is 0 Å². The molecular weight excluding hydrogens is 849 g/mol. The first-order chi connectivity index (χ1) is 34.7. The van der Waals surface area contributed by atoms with Crippen LogP contribution in [0.2, 0.25) is 0 Å². The smallest absolute Gasteiger partial charge is 0.0561 e. The quantitative estimate of drug-likeness (QED) is 0.138. The Morgan fingerprint density at radius 3 is 1.47 bits per heavy atom. The average molecular weight is 896 g/mol. The Morgan fingerprint density at radius 1 is 0.386 bits per heavy atom. The summed E-state index contributed by atoms with van der Waals surface area (Å²) >= 11 is 0. The van der Waals surface area contributed by atoms with Crippen LogP contribution in [-0.4, -0.2) is 13.7 Å². The van der Waals surface area contributed by atoms with Crippen LogP contribution in [0.3, 0.4) is 0 Å². The fraction of sp³-hybridized carbons (Fsp3) is 0.0606. The lowest BCUT2D eigenvalue weighted by Crippen LogP contribution is -1.99. The van der Waals surface area contributed by atoms with Gasteiger partial charge in [0.25, 0.3) is 0 Å². The van der Waals surface area contributed by atoms with E-state index in [0.29, 0.717) is 6.54 Å². The molecular formula is C66H47N4-. The van der Waals surface area contributed by atoms with Crippen molar-refractivity contribution in [3.05, 3.63) is 264 Å². The zero-order valence-electron chi connectivity index (χ0n) is 38.6. The molecule has 0 amide bonds. The summed E-state index contributed by atoms with van der Waals surface area (Å²) in [7, 11) is 0. The largest absolute Gasteiger partial charge is 0.680 e. The molecule has 1 aliphatic carbocycles. The van der Waals surface area contributed by atoms with Crippen LogP contribution in [0.1, 0.15) is 35.1 Å². The molecule has 0 radical (unpaired) electrons. The van der Waals surface area contributed by atoms with Crippen LogP contribution in [0.5, 0.6) is 0 Å².